The largest absolute Gasteiger partial charge is 0.419 e. The van der Waals surface area contributed by atoms with Gasteiger partial charge in [-0.15, -0.1) is 0 Å². The molecule has 0 radical (unpaired) electrons. The summed E-state index contributed by atoms with van der Waals surface area (Å²) >= 11 is 0. The SMILES string of the molecule is Cn1c(=O)oc2ccc(S(=O)(=O)Nc3ccc(-c4cn5cccnc5n4)cc3)cc21. The molecule has 0 aliphatic heterocycles. The molecule has 30 heavy (non-hydrogen) atoms. The van der Waals surface area contributed by atoms with E-state index >= 15 is 0 Å². The molecular weight excluding hydrogens is 406 g/mol. The van der Waals surface area contributed by atoms with Crippen LogP contribution in [0, 0.1) is 0 Å². The molecular formula is C20H15N5O4S. The highest BCUT2D eigenvalue weighted by molar-refractivity contribution is 7.92. The monoisotopic (exact) mass is 421 g/mol. The fraction of sp³-hybridized carbons (Fsp3) is 0.0500. The van der Waals surface area contributed by atoms with Crippen molar-refractivity contribution in [2.45, 2.75) is 4.90 Å². The molecule has 0 aliphatic rings. The lowest BCUT2D eigenvalue weighted by Crippen LogP contribution is -2.13. The minimum absolute atomic E-state index is 0.0295. The van der Waals surface area contributed by atoms with Crippen LogP contribution in [0.3, 0.4) is 0 Å². The van der Waals surface area contributed by atoms with Gasteiger partial charge in [0.05, 0.1) is 16.1 Å². The molecule has 0 spiro atoms. The Labute approximate surface area is 170 Å². The molecule has 2 aromatic carbocycles. The highest BCUT2D eigenvalue weighted by Crippen LogP contribution is 2.24. The minimum atomic E-state index is -3.85. The maximum atomic E-state index is 12.8. The maximum absolute atomic E-state index is 12.8. The quantitative estimate of drug-likeness (QED) is 0.478. The van der Waals surface area contributed by atoms with Crippen LogP contribution < -0.4 is 10.5 Å². The van der Waals surface area contributed by atoms with Crippen molar-refractivity contribution in [2.75, 3.05) is 4.72 Å². The number of nitrogens with one attached hydrogen (secondary N) is 1. The van der Waals surface area contributed by atoms with Crippen LogP contribution in [0.2, 0.25) is 0 Å². The van der Waals surface area contributed by atoms with Gasteiger partial charge in [-0.25, -0.2) is 23.2 Å². The second-order valence-corrected chi connectivity index (χ2v) is 8.37. The molecule has 0 fully saturated rings. The summed E-state index contributed by atoms with van der Waals surface area (Å²) in [6.07, 6.45) is 5.38. The van der Waals surface area contributed by atoms with E-state index in [0.717, 1.165) is 11.3 Å². The first-order valence-electron chi connectivity index (χ1n) is 8.93. The third-order valence-corrected chi connectivity index (χ3v) is 6.12. The second kappa shape index (κ2) is 6.56. The van der Waals surface area contributed by atoms with Crippen molar-refractivity contribution < 1.29 is 12.8 Å². The zero-order chi connectivity index (χ0) is 20.9. The minimum Gasteiger partial charge on any atom is -0.408 e. The van der Waals surface area contributed by atoms with Gasteiger partial charge in [-0.05, 0) is 36.4 Å². The molecule has 0 amide bonds. The van der Waals surface area contributed by atoms with Crippen molar-refractivity contribution in [3.63, 3.8) is 0 Å². The van der Waals surface area contributed by atoms with E-state index in [1.54, 1.807) is 30.5 Å². The Morgan fingerprint density at radius 3 is 2.67 bits per heavy atom. The number of nitrogens with zero attached hydrogens (tertiary/aromatic N) is 4. The van der Waals surface area contributed by atoms with E-state index in [-0.39, 0.29) is 4.90 Å². The summed E-state index contributed by atoms with van der Waals surface area (Å²) in [5.41, 5.74) is 2.70. The number of aromatic nitrogens is 4. The molecule has 10 heteroatoms. The van der Waals surface area contributed by atoms with E-state index in [2.05, 4.69) is 14.7 Å². The second-order valence-electron chi connectivity index (χ2n) is 6.69. The van der Waals surface area contributed by atoms with Crippen LogP contribution in [0.25, 0.3) is 28.1 Å². The Kier molecular flexibility index (Phi) is 3.97. The number of oxazole rings is 1. The van der Waals surface area contributed by atoms with Crippen LogP contribution in [0.1, 0.15) is 0 Å². The summed E-state index contributed by atoms with van der Waals surface area (Å²) in [6, 6.07) is 13.0. The molecule has 1 N–H and O–H groups in total. The first kappa shape index (κ1) is 18.1. The van der Waals surface area contributed by atoms with Crippen LogP contribution in [0.5, 0.6) is 0 Å². The number of hydrogen-bond acceptors (Lipinski definition) is 6. The lowest BCUT2D eigenvalue weighted by molar-refractivity contribution is 0.528. The van der Waals surface area contributed by atoms with Gasteiger partial charge in [-0.2, -0.15) is 0 Å². The van der Waals surface area contributed by atoms with E-state index < -0.39 is 15.8 Å². The number of benzene rings is 2. The Morgan fingerprint density at radius 2 is 1.90 bits per heavy atom. The molecule has 0 bridgehead atoms. The summed E-state index contributed by atoms with van der Waals surface area (Å²) in [5.74, 6) is 0.0339. The van der Waals surface area contributed by atoms with Crippen molar-refractivity contribution >= 4 is 32.6 Å². The Balaban J connectivity index is 1.43. The highest BCUT2D eigenvalue weighted by Gasteiger charge is 2.17. The van der Waals surface area contributed by atoms with Crippen LogP contribution in [0.4, 0.5) is 5.69 Å². The number of fused-ring (bicyclic) bond motifs is 2. The smallest absolute Gasteiger partial charge is 0.408 e. The molecule has 3 aromatic heterocycles. The summed E-state index contributed by atoms with van der Waals surface area (Å²) in [6.45, 7) is 0. The Bertz CT molecular complexity index is 1530. The number of imidazole rings is 1. The summed E-state index contributed by atoms with van der Waals surface area (Å²) in [5, 5.41) is 0. The van der Waals surface area contributed by atoms with Crippen LogP contribution in [-0.2, 0) is 17.1 Å². The standard InChI is InChI=1S/C20H15N5O4S/c1-24-17-11-15(7-8-18(17)29-20(24)26)30(27,28)23-14-5-3-13(4-6-14)16-12-25-10-2-9-21-19(25)22-16/h2-12,23H,1H3. The first-order valence-corrected chi connectivity index (χ1v) is 10.4. The predicted octanol–water partition coefficient (Wildman–Crippen LogP) is 2.64. The van der Waals surface area contributed by atoms with Crippen LogP contribution >= 0.6 is 0 Å². The summed E-state index contributed by atoms with van der Waals surface area (Å²) < 4.78 is 36.2. The molecule has 5 rings (SSSR count). The van der Waals surface area contributed by atoms with Crippen molar-refractivity contribution in [3.8, 4) is 11.3 Å². The van der Waals surface area contributed by atoms with Gasteiger partial charge in [0.2, 0.25) is 5.78 Å². The molecule has 150 valence electrons. The lowest BCUT2D eigenvalue weighted by atomic mass is 10.1. The van der Waals surface area contributed by atoms with Gasteiger partial charge in [-0.1, -0.05) is 12.1 Å². The van der Waals surface area contributed by atoms with E-state index in [0.29, 0.717) is 22.6 Å². The molecule has 5 aromatic rings. The van der Waals surface area contributed by atoms with E-state index in [9.17, 15) is 13.2 Å². The average Bonchev–Trinajstić information content (AvgIpc) is 3.29. The zero-order valence-corrected chi connectivity index (χ0v) is 16.5. The maximum Gasteiger partial charge on any atom is 0.419 e. The summed E-state index contributed by atoms with van der Waals surface area (Å²) in [7, 11) is -2.33. The Morgan fingerprint density at radius 1 is 1.10 bits per heavy atom. The third-order valence-electron chi connectivity index (χ3n) is 4.74. The van der Waals surface area contributed by atoms with Gasteiger partial charge in [0.15, 0.2) is 5.58 Å². The van der Waals surface area contributed by atoms with E-state index in [1.165, 1.54) is 29.8 Å². The number of sulfonamides is 1. The molecule has 0 atom stereocenters. The van der Waals surface area contributed by atoms with Crippen molar-refractivity contribution in [2.24, 2.45) is 7.05 Å². The number of aryl methyl sites for hydroxylation is 1. The van der Waals surface area contributed by atoms with Gasteiger partial charge in [0.25, 0.3) is 10.0 Å². The predicted molar refractivity (Wildman–Crippen MR) is 111 cm³/mol. The zero-order valence-electron chi connectivity index (χ0n) is 15.7. The number of hydrogen-bond donors (Lipinski definition) is 1. The lowest BCUT2D eigenvalue weighted by Gasteiger charge is -2.09. The van der Waals surface area contributed by atoms with Crippen molar-refractivity contribution in [3.05, 3.63) is 77.7 Å². The van der Waals surface area contributed by atoms with Gasteiger partial charge >= 0.3 is 5.76 Å². The normalized spacial score (nSPS) is 11.9. The summed E-state index contributed by atoms with van der Waals surface area (Å²) in [4.78, 5) is 20.3. The molecule has 0 aliphatic carbocycles. The fourth-order valence-corrected chi connectivity index (χ4v) is 4.24. The van der Waals surface area contributed by atoms with Crippen molar-refractivity contribution in [1.29, 1.82) is 0 Å². The van der Waals surface area contributed by atoms with Gasteiger partial charge in [0, 0.05) is 36.9 Å². The molecule has 9 nitrogen and oxygen atoms in total. The average molecular weight is 421 g/mol. The topological polar surface area (TPSA) is 112 Å². The first-order chi connectivity index (χ1) is 14.4. The number of anilines is 1. The van der Waals surface area contributed by atoms with E-state index in [4.69, 9.17) is 4.42 Å². The van der Waals surface area contributed by atoms with Crippen LogP contribution in [0.15, 0.2) is 81.2 Å². The highest BCUT2D eigenvalue weighted by atomic mass is 32.2. The van der Waals surface area contributed by atoms with Crippen LogP contribution in [-0.4, -0.2) is 27.4 Å². The van der Waals surface area contributed by atoms with E-state index in [1.807, 2.05) is 22.9 Å². The third kappa shape index (κ3) is 3.03. The van der Waals surface area contributed by atoms with Gasteiger partial charge < -0.3 is 4.42 Å². The fourth-order valence-electron chi connectivity index (χ4n) is 3.17. The molecule has 0 saturated carbocycles. The van der Waals surface area contributed by atoms with Gasteiger partial charge in [-0.3, -0.25) is 13.7 Å². The molecule has 0 unspecified atom stereocenters. The van der Waals surface area contributed by atoms with Gasteiger partial charge in [0.1, 0.15) is 0 Å². The Hall–Kier alpha value is -3.92. The molecule has 0 saturated heterocycles. The molecule has 3 heterocycles. The van der Waals surface area contributed by atoms with Crippen molar-refractivity contribution in [1.82, 2.24) is 18.9 Å². The number of rotatable bonds is 4.